The minimum absolute atomic E-state index is 0.114. The van der Waals surface area contributed by atoms with Crippen LogP contribution in [-0.4, -0.2) is 37.0 Å². The van der Waals surface area contributed by atoms with Gasteiger partial charge in [-0.05, 0) is 29.0 Å². The van der Waals surface area contributed by atoms with E-state index in [1.165, 1.54) is 29.6 Å². The van der Waals surface area contributed by atoms with Gasteiger partial charge in [-0.1, -0.05) is 24.3 Å². The maximum absolute atomic E-state index is 12.3. The number of nitrogens with zero attached hydrogens (tertiary/aromatic N) is 1. The summed E-state index contributed by atoms with van der Waals surface area (Å²) < 4.78 is 4.71. The summed E-state index contributed by atoms with van der Waals surface area (Å²) in [6.45, 7) is 1.95. The van der Waals surface area contributed by atoms with Crippen molar-refractivity contribution in [3.05, 3.63) is 52.4 Å². The second-order valence-electron chi connectivity index (χ2n) is 5.43. The summed E-state index contributed by atoms with van der Waals surface area (Å²) in [6.07, 6.45) is 0.954. The largest absolute Gasteiger partial charge is 0.465 e. The van der Waals surface area contributed by atoms with Crippen molar-refractivity contribution in [2.45, 2.75) is 13.0 Å². The van der Waals surface area contributed by atoms with Crippen LogP contribution in [-0.2, 0) is 22.5 Å². The molecule has 0 saturated carbocycles. The molecule has 1 aliphatic rings. The maximum Gasteiger partial charge on any atom is 0.340 e. The third-order valence-corrected chi connectivity index (χ3v) is 4.73. The monoisotopic (exact) mass is 330 g/mol. The van der Waals surface area contributed by atoms with Gasteiger partial charge in [0, 0.05) is 13.1 Å². The van der Waals surface area contributed by atoms with Crippen LogP contribution in [0.15, 0.2) is 35.7 Å². The van der Waals surface area contributed by atoms with Gasteiger partial charge in [0.25, 0.3) is 0 Å². The van der Waals surface area contributed by atoms with Crippen molar-refractivity contribution in [3.8, 4) is 0 Å². The lowest BCUT2D eigenvalue weighted by atomic mass is 10.00. The molecule has 0 atom stereocenters. The fraction of sp³-hybridized carbons (Fsp3) is 0.294. The normalized spacial score (nSPS) is 14.1. The average molecular weight is 330 g/mol. The Morgan fingerprint density at radius 3 is 2.83 bits per heavy atom. The minimum Gasteiger partial charge on any atom is -0.465 e. The predicted molar refractivity (Wildman–Crippen MR) is 89.7 cm³/mol. The summed E-state index contributed by atoms with van der Waals surface area (Å²) in [5.41, 5.74) is 3.03. The molecule has 0 aliphatic carbocycles. The first kappa shape index (κ1) is 15.7. The van der Waals surface area contributed by atoms with Crippen LogP contribution in [0.5, 0.6) is 0 Å². The zero-order valence-corrected chi connectivity index (χ0v) is 13.7. The van der Waals surface area contributed by atoms with Crippen molar-refractivity contribution in [2.24, 2.45) is 0 Å². The number of hydrogen-bond acceptors (Lipinski definition) is 5. The van der Waals surface area contributed by atoms with E-state index in [0.717, 1.165) is 19.5 Å². The Kier molecular flexibility index (Phi) is 4.73. The van der Waals surface area contributed by atoms with Gasteiger partial charge < -0.3 is 10.1 Å². The van der Waals surface area contributed by atoms with Crippen molar-refractivity contribution < 1.29 is 14.3 Å². The van der Waals surface area contributed by atoms with Gasteiger partial charge in [-0.2, -0.15) is 0 Å². The van der Waals surface area contributed by atoms with Crippen molar-refractivity contribution >= 4 is 28.2 Å². The third-order valence-electron chi connectivity index (χ3n) is 3.90. The van der Waals surface area contributed by atoms with Crippen LogP contribution in [0, 0.1) is 0 Å². The number of nitrogens with one attached hydrogen (secondary N) is 1. The van der Waals surface area contributed by atoms with E-state index in [4.69, 9.17) is 4.74 Å². The van der Waals surface area contributed by atoms with Gasteiger partial charge in [0.1, 0.15) is 5.00 Å². The molecule has 23 heavy (non-hydrogen) atoms. The average Bonchev–Trinajstić information content (AvgIpc) is 3.02. The van der Waals surface area contributed by atoms with E-state index in [0.29, 0.717) is 17.1 Å². The van der Waals surface area contributed by atoms with Crippen molar-refractivity contribution in [3.63, 3.8) is 0 Å². The second-order valence-corrected chi connectivity index (χ2v) is 6.35. The molecule has 5 nitrogen and oxygen atoms in total. The summed E-state index contributed by atoms with van der Waals surface area (Å²) in [7, 11) is 1.33. The molecule has 3 rings (SSSR count). The third kappa shape index (κ3) is 3.60. The lowest BCUT2D eigenvalue weighted by molar-refractivity contribution is -0.117. The topological polar surface area (TPSA) is 58.6 Å². The van der Waals surface area contributed by atoms with E-state index in [9.17, 15) is 9.59 Å². The molecular formula is C17H18N2O3S. The summed E-state index contributed by atoms with van der Waals surface area (Å²) in [4.78, 5) is 26.0. The van der Waals surface area contributed by atoms with E-state index in [-0.39, 0.29) is 5.91 Å². The standard InChI is InChI=1S/C17H18N2O3S/c1-22-17(21)14-7-9-23-16(14)18-15(20)11-19-8-6-12-4-2-3-5-13(12)10-19/h2-5,7,9H,6,8,10-11H2,1H3,(H,18,20). The highest BCUT2D eigenvalue weighted by Crippen LogP contribution is 2.24. The molecule has 2 heterocycles. The van der Waals surface area contributed by atoms with Gasteiger partial charge in [-0.15, -0.1) is 11.3 Å². The highest BCUT2D eigenvalue weighted by atomic mass is 32.1. The number of ether oxygens (including phenoxy) is 1. The highest BCUT2D eigenvalue weighted by molar-refractivity contribution is 7.14. The van der Waals surface area contributed by atoms with E-state index in [1.54, 1.807) is 11.4 Å². The predicted octanol–water partition coefficient (Wildman–Crippen LogP) is 2.53. The Balaban J connectivity index is 1.61. The number of amides is 1. The van der Waals surface area contributed by atoms with Crippen LogP contribution < -0.4 is 5.32 Å². The first-order chi connectivity index (χ1) is 11.2. The zero-order valence-electron chi connectivity index (χ0n) is 12.9. The van der Waals surface area contributed by atoms with Gasteiger partial charge in [-0.3, -0.25) is 9.69 Å². The first-order valence-corrected chi connectivity index (χ1v) is 8.30. The van der Waals surface area contributed by atoms with Gasteiger partial charge in [0.2, 0.25) is 5.91 Å². The van der Waals surface area contributed by atoms with E-state index in [1.807, 2.05) is 12.1 Å². The molecule has 1 aromatic heterocycles. The van der Waals surface area contributed by atoms with Crippen LogP contribution in [0.3, 0.4) is 0 Å². The fourth-order valence-corrected chi connectivity index (χ4v) is 3.53. The molecule has 1 aromatic carbocycles. The summed E-state index contributed by atoms with van der Waals surface area (Å²) >= 11 is 1.32. The van der Waals surface area contributed by atoms with Gasteiger partial charge in [0.15, 0.2) is 0 Å². The van der Waals surface area contributed by atoms with Crippen molar-refractivity contribution in [2.75, 3.05) is 25.5 Å². The number of benzene rings is 1. The number of rotatable bonds is 4. The molecule has 120 valence electrons. The molecule has 0 saturated heterocycles. The lowest BCUT2D eigenvalue weighted by Gasteiger charge is -2.28. The Bertz CT molecular complexity index is 726. The number of thiophene rings is 1. The first-order valence-electron chi connectivity index (χ1n) is 7.42. The SMILES string of the molecule is COC(=O)c1ccsc1NC(=O)CN1CCc2ccccc2C1. The number of carbonyl (C=O) groups excluding carboxylic acids is 2. The van der Waals surface area contributed by atoms with E-state index < -0.39 is 5.97 Å². The highest BCUT2D eigenvalue weighted by Gasteiger charge is 2.20. The fourth-order valence-electron chi connectivity index (χ4n) is 2.74. The number of fused-ring (bicyclic) bond motifs is 1. The van der Waals surface area contributed by atoms with E-state index >= 15 is 0 Å². The van der Waals surface area contributed by atoms with Gasteiger partial charge >= 0.3 is 5.97 Å². The molecule has 0 unspecified atom stereocenters. The molecule has 0 bridgehead atoms. The van der Waals surface area contributed by atoms with E-state index in [2.05, 4.69) is 22.3 Å². The van der Waals surface area contributed by atoms with Crippen LogP contribution in [0.2, 0.25) is 0 Å². The number of esters is 1. The summed E-state index contributed by atoms with van der Waals surface area (Å²) in [5, 5.41) is 5.12. The second kappa shape index (κ2) is 6.93. The molecule has 1 aliphatic heterocycles. The van der Waals surface area contributed by atoms with Crippen LogP contribution in [0.25, 0.3) is 0 Å². The van der Waals surface area contributed by atoms with Gasteiger partial charge in [0.05, 0.1) is 19.2 Å². The van der Waals surface area contributed by atoms with Crippen LogP contribution in [0.1, 0.15) is 21.5 Å². The van der Waals surface area contributed by atoms with Crippen molar-refractivity contribution in [1.29, 1.82) is 0 Å². The zero-order chi connectivity index (χ0) is 16.2. The smallest absolute Gasteiger partial charge is 0.340 e. The van der Waals surface area contributed by atoms with Crippen molar-refractivity contribution in [1.82, 2.24) is 4.90 Å². The Labute approximate surface area is 138 Å². The molecule has 1 amide bonds. The number of hydrogen-bond donors (Lipinski definition) is 1. The molecular weight excluding hydrogens is 312 g/mol. The number of carbonyl (C=O) groups is 2. The molecule has 1 N–H and O–H groups in total. The molecule has 0 spiro atoms. The Morgan fingerprint density at radius 2 is 2.04 bits per heavy atom. The number of anilines is 1. The Morgan fingerprint density at radius 1 is 1.26 bits per heavy atom. The number of methoxy groups -OCH3 is 1. The van der Waals surface area contributed by atoms with Crippen LogP contribution in [0.4, 0.5) is 5.00 Å². The molecule has 2 aromatic rings. The maximum atomic E-state index is 12.3. The molecule has 0 fully saturated rings. The van der Waals surface area contributed by atoms with Crippen LogP contribution >= 0.6 is 11.3 Å². The van der Waals surface area contributed by atoms with Gasteiger partial charge in [-0.25, -0.2) is 4.79 Å². The quantitative estimate of drug-likeness (QED) is 0.875. The summed E-state index contributed by atoms with van der Waals surface area (Å²) in [5.74, 6) is -0.551. The molecule has 6 heteroatoms. The minimum atomic E-state index is -0.437. The Hall–Kier alpha value is -2.18. The summed E-state index contributed by atoms with van der Waals surface area (Å²) in [6, 6.07) is 9.97. The molecule has 0 radical (unpaired) electrons. The lowest BCUT2D eigenvalue weighted by Crippen LogP contribution is -2.37.